The van der Waals surface area contributed by atoms with E-state index in [0.717, 1.165) is 16.3 Å². The smallest absolute Gasteiger partial charge is 0.264 e. The number of aryl methyl sites for hydroxylation is 1. The number of amides is 2. The molecular formula is C31H38FN3O4S. The van der Waals surface area contributed by atoms with Crippen LogP contribution < -0.4 is 9.62 Å². The summed E-state index contributed by atoms with van der Waals surface area (Å²) in [6.07, 6.45) is 1.07. The molecule has 3 aromatic rings. The number of halogens is 1. The fraction of sp³-hybridized carbons (Fsp3) is 0.355. The molecule has 3 rings (SSSR count). The molecule has 0 saturated heterocycles. The van der Waals surface area contributed by atoms with Gasteiger partial charge in [-0.05, 0) is 81.1 Å². The van der Waals surface area contributed by atoms with Gasteiger partial charge in [0.25, 0.3) is 10.0 Å². The lowest BCUT2D eigenvalue weighted by Gasteiger charge is -2.34. The highest BCUT2D eigenvalue weighted by Gasteiger charge is 2.34. The maximum absolute atomic E-state index is 14.0. The summed E-state index contributed by atoms with van der Waals surface area (Å²) < 4.78 is 42.4. The summed E-state index contributed by atoms with van der Waals surface area (Å²) in [5.41, 5.74) is 1.43. The van der Waals surface area contributed by atoms with Crippen molar-refractivity contribution in [2.45, 2.75) is 70.5 Å². The predicted octanol–water partition coefficient (Wildman–Crippen LogP) is 5.31. The minimum Gasteiger partial charge on any atom is -0.350 e. The maximum Gasteiger partial charge on any atom is 0.264 e. The average Bonchev–Trinajstić information content (AvgIpc) is 2.92. The van der Waals surface area contributed by atoms with E-state index in [4.69, 9.17) is 0 Å². The quantitative estimate of drug-likeness (QED) is 0.341. The summed E-state index contributed by atoms with van der Waals surface area (Å²) in [6, 6.07) is 19.7. The molecule has 40 heavy (non-hydrogen) atoms. The Morgan fingerprint density at radius 3 is 1.98 bits per heavy atom. The predicted molar refractivity (Wildman–Crippen MR) is 156 cm³/mol. The SMILES string of the molecule is CCc1ccc(N(CC(=O)N(Cc2ccc(F)cc2)[C@@H](CC)C(=O)NC(C)(C)C)S(=O)(=O)c2ccccc2)cc1. The monoisotopic (exact) mass is 567 g/mol. The molecule has 3 aromatic carbocycles. The van der Waals surface area contributed by atoms with Gasteiger partial charge in [-0.2, -0.15) is 0 Å². The van der Waals surface area contributed by atoms with Gasteiger partial charge in [-0.1, -0.05) is 56.3 Å². The van der Waals surface area contributed by atoms with Crippen molar-refractivity contribution in [3.05, 3.63) is 95.8 Å². The van der Waals surface area contributed by atoms with Gasteiger partial charge in [-0.15, -0.1) is 0 Å². The van der Waals surface area contributed by atoms with Gasteiger partial charge in [0, 0.05) is 12.1 Å². The first-order chi connectivity index (χ1) is 18.9. The van der Waals surface area contributed by atoms with E-state index in [2.05, 4.69) is 5.32 Å². The zero-order valence-electron chi connectivity index (χ0n) is 23.7. The summed E-state index contributed by atoms with van der Waals surface area (Å²) >= 11 is 0. The number of hydrogen-bond donors (Lipinski definition) is 1. The van der Waals surface area contributed by atoms with E-state index in [9.17, 15) is 22.4 Å². The van der Waals surface area contributed by atoms with Crippen LogP contribution in [0.1, 0.15) is 52.2 Å². The van der Waals surface area contributed by atoms with Gasteiger partial charge in [0.2, 0.25) is 11.8 Å². The molecular weight excluding hydrogens is 529 g/mol. The Morgan fingerprint density at radius 2 is 1.45 bits per heavy atom. The van der Waals surface area contributed by atoms with Gasteiger partial charge in [-0.25, -0.2) is 12.8 Å². The molecule has 0 aliphatic carbocycles. The number of hydrogen-bond acceptors (Lipinski definition) is 4. The van der Waals surface area contributed by atoms with Crippen LogP contribution >= 0.6 is 0 Å². The Kier molecular flexibility index (Phi) is 10.1. The normalized spacial score (nSPS) is 12.4. The lowest BCUT2D eigenvalue weighted by Crippen LogP contribution is -2.55. The summed E-state index contributed by atoms with van der Waals surface area (Å²) in [4.78, 5) is 28.8. The maximum atomic E-state index is 14.0. The molecule has 0 spiro atoms. The van der Waals surface area contributed by atoms with Crippen molar-refractivity contribution >= 4 is 27.5 Å². The first kappa shape index (κ1) is 30.8. The molecule has 0 heterocycles. The molecule has 0 aromatic heterocycles. The minimum absolute atomic E-state index is 0.00315. The number of benzene rings is 3. The third kappa shape index (κ3) is 7.91. The highest BCUT2D eigenvalue weighted by atomic mass is 32.2. The van der Waals surface area contributed by atoms with Crippen LogP contribution in [0.2, 0.25) is 0 Å². The first-order valence-electron chi connectivity index (χ1n) is 13.4. The standard InChI is InChI=1S/C31H38FN3O4S/c1-6-23-15-19-26(20-16-23)35(40(38,39)27-11-9-8-10-12-27)22-29(36)34(21-24-13-17-25(32)18-14-24)28(7-2)30(37)33-31(3,4)5/h8-20,28H,6-7,21-22H2,1-5H3,(H,33,37)/t28-/m0/s1. The molecule has 2 amide bonds. The zero-order chi connectivity index (χ0) is 29.5. The Bertz CT molecular complexity index is 1390. The lowest BCUT2D eigenvalue weighted by molar-refractivity contribution is -0.141. The Labute approximate surface area is 237 Å². The third-order valence-corrected chi connectivity index (χ3v) is 8.18. The molecule has 0 unspecified atom stereocenters. The van der Waals surface area contributed by atoms with Crippen LogP contribution in [-0.2, 0) is 32.6 Å². The molecule has 0 bridgehead atoms. The van der Waals surface area contributed by atoms with Crippen molar-refractivity contribution in [1.82, 2.24) is 10.2 Å². The minimum atomic E-state index is -4.13. The second kappa shape index (κ2) is 13.1. The van der Waals surface area contributed by atoms with Gasteiger partial charge in [0.15, 0.2) is 0 Å². The topological polar surface area (TPSA) is 86.8 Å². The van der Waals surface area contributed by atoms with Crippen molar-refractivity contribution in [3.63, 3.8) is 0 Å². The molecule has 0 aliphatic heterocycles. The third-order valence-electron chi connectivity index (χ3n) is 6.39. The highest BCUT2D eigenvalue weighted by Crippen LogP contribution is 2.25. The van der Waals surface area contributed by atoms with E-state index in [1.165, 1.54) is 29.2 Å². The van der Waals surface area contributed by atoms with Crippen LogP contribution in [0.15, 0.2) is 83.8 Å². The summed E-state index contributed by atoms with van der Waals surface area (Å²) in [7, 11) is -4.13. The van der Waals surface area contributed by atoms with Crippen LogP contribution in [0.4, 0.5) is 10.1 Å². The second-order valence-corrected chi connectivity index (χ2v) is 12.5. The summed E-state index contributed by atoms with van der Waals surface area (Å²) in [5.74, 6) is -1.33. The van der Waals surface area contributed by atoms with E-state index in [-0.39, 0.29) is 17.3 Å². The molecule has 214 valence electrons. The van der Waals surface area contributed by atoms with Gasteiger partial charge in [0.1, 0.15) is 18.4 Å². The lowest BCUT2D eigenvalue weighted by atomic mass is 10.1. The van der Waals surface area contributed by atoms with Gasteiger partial charge in [-0.3, -0.25) is 13.9 Å². The zero-order valence-corrected chi connectivity index (χ0v) is 24.5. The Morgan fingerprint density at radius 1 is 0.875 bits per heavy atom. The van der Waals surface area contributed by atoms with Crippen LogP contribution in [0.5, 0.6) is 0 Å². The van der Waals surface area contributed by atoms with Crippen LogP contribution in [0, 0.1) is 5.82 Å². The van der Waals surface area contributed by atoms with E-state index in [0.29, 0.717) is 17.7 Å². The van der Waals surface area contributed by atoms with Crippen LogP contribution in [0.25, 0.3) is 0 Å². The fourth-order valence-electron chi connectivity index (χ4n) is 4.31. The second-order valence-electron chi connectivity index (χ2n) is 10.7. The molecule has 7 nitrogen and oxygen atoms in total. The van der Waals surface area contributed by atoms with Crippen molar-refractivity contribution in [3.8, 4) is 0 Å². The molecule has 0 aliphatic rings. The summed E-state index contributed by atoms with van der Waals surface area (Å²) in [6.45, 7) is 8.80. The number of nitrogens with zero attached hydrogens (tertiary/aromatic N) is 2. The van der Waals surface area contributed by atoms with Gasteiger partial charge < -0.3 is 10.2 Å². The van der Waals surface area contributed by atoms with Gasteiger partial charge in [0.05, 0.1) is 10.6 Å². The molecule has 0 saturated carbocycles. The number of rotatable bonds is 11. The number of anilines is 1. The van der Waals surface area contributed by atoms with Crippen molar-refractivity contribution in [2.24, 2.45) is 0 Å². The molecule has 0 fully saturated rings. The molecule has 1 N–H and O–H groups in total. The molecule has 1 atom stereocenters. The first-order valence-corrected chi connectivity index (χ1v) is 14.8. The van der Waals surface area contributed by atoms with Crippen molar-refractivity contribution in [1.29, 1.82) is 0 Å². The van der Waals surface area contributed by atoms with E-state index < -0.39 is 39.9 Å². The average molecular weight is 568 g/mol. The number of carbonyl (C=O) groups is 2. The highest BCUT2D eigenvalue weighted by molar-refractivity contribution is 7.92. The summed E-state index contributed by atoms with van der Waals surface area (Å²) in [5, 5.41) is 2.93. The van der Waals surface area contributed by atoms with Crippen molar-refractivity contribution in [2.75, 3.05) is 10.8 Å². The van der Waals surface area contributed by atoms with Crippen LogP contribution in [0.3, 0.4) is 0 Å². The van der Waals surface area contributed by atoms with E-state index in [1.807, 2.05) is 39.8 Å². The van der Waals surface area contributed by atoms with Crippen LogP contribution in [-0.4, -0.2) is 43.3 Å². The number of sulfonamides is 1. The molecule has 9 heteroatoms. The number of carbonyl (C=O) groups excluding carboxylic acids is 2. The van der Waals surface area contributed by atoms with E-state index in [1.54, 1.807) is 49.4 Å². The van der Waals surface area contributed by atoms with Gasteiger partial charge >= 0.3 is 0 Å². The fourth-order valence-corrected chi connectivity index (χ4v) is 5.74. The largest absolute Gasteiger partial charge is 0.350 e. The Balaban J connectivity index is 2.06. The number of nitrogens with one attached hydrogen (secondary N) is 1. The van der Waals surface area contributed by atoms with E-state index >= 15 is 0 Å². The molecule has 0 radical (unpaired) electrons. The Hall–Kier alpha value is -3.72. The van der Waals surface area contributed by atoms with Crippen molar-refractivity contribution < 1.29 is 22.4 Å².